The highest BCUT2D eigenvalue weighted by molar-refractivity contribution is 5.85. The van der Waals surface area contributed by atoms with Gasteiger partial charge in [0.25, 0.3) is 0 Å². The van der Waals surface area contributed by atoms with Crippen LogP contribution >= 0.6 is 12.4 Å². The number of methoxy groups -OCH3 is 1. The molecule has 1 atom stereocenters. The Morgan fingerprint density at radius 1 is 1.33 bits per heavy atom. The second kappa shape index (κ2) is 9.26. The molecule has 0 saturated carbocycles. The van der Waals surface area contributed by atoms with Gasteiger partial charge in [-0.2, -0.15) is 0 Å². The van der Waals surface area contributed by atoms with Gasteiger partial charge in [-0.3, -0.25) is 4.90 Å². The molecule has 120 valence electrons. The summed E-state index contributed by atoms with van der Waals surface area (Å²) >= 11 is 0. The predicted octanol–water partition coefficient (Wildman–Crippen LogP) is 2.49. The number of hydrogen-bond donors (Lipinski definition) is 1. The van der Waals surface area contributed by atoms with Gasteiger partial charge in [-0.1, -0.05) is 18.2 Å². The van der Waals surface area contributed by atoms with E-state index in [-0.39, 0.29) is 12.4 Å². The van der Waals surface area contributed by atoms with Gasteiger partial charge >= 0.3 is 0 Å². The van der Waals surface area contributed by atoms with Gasteiger partial charge in [0, 0.05) is 31.7 Å². The highest BCUT2D eigenvalue weighted by Gasteiger charge is 2.25. The molecule has 1 unspecified atom stereocenters. The van der Waals surface area contributed by atoms with Crippen LogP contribution in [0.3, 0.4) is 0 Å². The Morgan fingerprint density at radius 3 is 2.81 bits per heavy atom. The van der Waals surface area contributed by atoms with Gasteiger partial charge < -0.3 is 14.8 Å². The molecule has 0 bridgehead atoms. The van der Waals surface area contributed by atoms with Crippen LogP contribution < -0.4 is 10.1 Å². The molecule has 1 N–H and O–H groups in total. The quantitative estimate of drug-likeness (QED) is 0.874. The second-order valence-electron chi connectivity index (χ2n) is 5.42. The van der Waals surface area contributed by atoms with Crippen LogP contribution in [0.5, 0.6) is 5.75 Å². The van der Waals surface area contributed by atoms with E-state index in [0.29, 0.717) is 12.1 Å². The van der Waals surface area contributed by atoms with Crippen LogP contribution in [-0.2, 0) is 4.74 Å². The summed E-state index contributed by atoms with van der Waals surface area (Å²) in [5.41, 5.74) is 1.26. The van der Waals surface area contributed by atoms with Crippen molar-refractivity contribution in [2.45, 2.75) is 26.0 Å². The number of hydrogen-bond acceptors (Lipinski definition) is 4. The van der Waals surface area contributed by atoms with Crippen LogP contribution in [-0.4, -0.2) is 50.9 Å². The molecule has 1 aliphatic rings. The molecule has 0 aliphatic carbocycles. The first kappa shape index (κ1) is 18.2. The van der Waals surface area contributed by atoms with Crippen molar-refractivity contribution in [3.05, 3.63) is 29.8 Å². The molecular weight excluding hydrogens is 288 g/mol. The zero-order valence-corrected chi connectivity index (χ0v) is 14.0. The van der Waals surface area contributed by atoms with Crippen molar-refractivity contribution in [1.29, 1.82) is 0 Å². The number of benzene rings is 1. The van der Waals surface area contributed by atoms with Crippen LogP contribution in [0.15, 0.2) is 24.3 Å². The average molecular weight is 315 g/mol. The van der Waals surface area contributed by atoms with Gasteiger partial charge in [0.1, 0.15) is 5.75 Å². The second-order valence-corrected chi connectivity index (χ2v) is 5.42. The standard InChI is InChI=1S/C16H26N2O2.ClH/c1-13(2)20-11-10-18-9-8-17-12-15(18)14-6-4-5-7-16(14)19-3;/h4-7,13,15,17H,8-12H2,1-3H3;1H. The molecule has 4 nitrogen and oxygen atoms in total. The van der Waals surface area contributed by atoms with Crippen LogP contribution in [0, 0.1) is 0 Å². The summed E-state index contributed by atoms with van der Waals surface area (Å²) in [7, 11) is 1.74. The zero-order valence-electron chi connectivity index (χ0n) is 13.2. The van der Waals surface area contributed by atoms with Gasteiger partial charge in [-0.15, -0.1) is 12.4 Å². The Labute approximate surface area is 134 Å². The Bertz CT molecular complexity index is 415. The van der Waals surface area contributed by atoms with Gasteiger partial charge in [0.15, 0.2) is 0 Å². The Balaban J connectivity index is 0.00000220. The van der Waals surface area contributed by atoms with E-state index in [0.717, 1.165) is 38.5 Å². The Hall–Kier alpha value is -0.810. The summed E-state index contributed by atoms with van der Waals surface area (Å²) in [5.74, 6) is 0.968. The van der Waals surface area contributed by atoms with Gasteiger partial charge in [0.05, 0.1) is 25.9 Å². The van der Waals surface area contributed by atoms with Crippen LogP contribution in [0.1, 0.15) is 25.5 Å². The van der Waals surface area contributed by atoms with E-state index in [9.17, 15) is 0 Å². The van der Waals surface area contributed by atoms with E-state index in [2.05, 4.69) is 36.2 Å². The van der Waals surface area contributed by atoms with Gasteiger partial charge in [0.2, 0.25) is 0 Å². The number of ether oxygens (including phenoxy) is 2. The maximum atomic E-state index is 5.69. The lowest BCUT2D eigenvalue weighted by molar-refractivity contribution is 0.0426. The molecular formula is C16H27ClN2O2. The lowest BCUT2D eigenvalue weighted by atomic mass is 10.0. The van der Waals surface area contributed by atoms with E-state index in [1.807, 2.05) is 12.1 Å². The molecule has 1 aromatic carbocycles. The number of piperazine rings is 1. The Kier molecular flexibility index (Phi) is 8.04. The fourth-order valence-electron chi connectivity index (χ4n) is 2.67. The number of nitrogens with zero attached hydrogens (tertiary/aromatic N) is 1. The van der Waals surface area contributed by atoms with Crippen molar-refractivity contribution in [2.24, 2.45) is 0 Å². The molecule has 0 aromatic heterocycles. The van der Waals surface area contributed by atoms with Crippen LogP contribution in [0.2, 0.25) is 0 Å². The fourth-order valence-corrected chi connectivity index (χ4v) is 2.67. The number of halogens is 1. The van der Waals surface area contributed by atoms with Crippen molar-refractivity contribution in [2.75, 3.05) is 39.9 Å². The molecule has 1 fully saturated rings. The molecule has 1 heterocycles. The molecule has 0 radical (unpaired) electrons. The van der Waals surface area contributed by atoms with Gasteiger partial charge in [-0.05, 0) is 19.9 Å². The third-order valence-electron chi connectivity index (χ3n) is 3.68. The number of para-hydroxylation sites is 1. The summed E-state index contributed by atoms with van der Waals surface area (Å²) in [4.78, 5) is 2.48. The monoisotopic (exact) mass is 314 g/mol. The SMILES string of the molecule is COc1ccccc1C1CNCCN1CCOC(C)C.Cl. The van der Waals surface area contributed by atoms with E-state index in [4.69, 9.17) is 9.47 Å². The molecule has 21 heavy (non-hydrogen) atoms. The van der Waals surface area contributed by atoms with Crippen LogP contribution in [0.4, 0.5) is 0 Å². The average Bonchev–Trinajstić information content (AvgIpc) is 2.47. The number of rotatable bonds is 6. The van der Waals surface area contributed by atoms with E-state index in [1.165, 1.54) is 5.56 Å². The fraction of sp³-hybridized carbons (Fsp3) is 0.625. The third-order valence-corrected chi connectivity index (χ3v) is 3.68. The molecule has 1 saturated heterocycles. The first-order valence-corrected chi connectivity index (χ1v) is 7.41. The van der Waals surface area contributed by atoms with E-state index in [1.54, 1.807) is 7.11 Å². The van der Waals surface area contributed by atoms with Gasteiger partial charge in [-0.25, -0.2) is 0 Å². The summed E-state index contributed by atoms with van der Waals surface area (Å²) in [6.07, 6.45) is 0.294. The maximum Gasteiger partial charge on any atom is 0.123 e. The minimum atomic E-state index is 0. The summed E-state index contributed by atoms with van der Waals surface area (Å²) in [6.45, 7) is 8.94. The third kappa shape index (κ3) is 5.15. The predicted molar refractivity (Wildman–Crippen MR) is 88.5 cm³/mol. The minimum Gasteiger partial charge on any atom is -0.496 e. The molecule has 1 aromatic rings. The van der Waals surface area contributed by atoms with Crippen molar-refractivity contribution < 1.29 is 9.47 Å². The zero-order chi connectivity index (χ0) is 14.4. The molecule has 1 aliphatic heterocycles. The molecule has 0 amide bonds. The number of nitrogens with one attached hydrogen (secondary N) is 1. The topological polar surface area (TPSA) is 33.7 Å². The van der Waals surface area contributed by atoms with E-state index >= 15 is 0 Å². The first-order valence-electron chi connectivity index (χ1n) is 7.41. The highest BCUT2D eigenvalue weighted by Crippen LogP contribution is 2.29. The largest absolute Gasteiger partial charge is 0.496 e. The van der Waals surface area contributed by atoms with Crippen molar-refractivity contribution in [3.63, 3.8) is 0 Å². The lowest BCUT2D eigenvalue weighted by Crippen LogP contribution is -2.47. The molecule has 0 spiro atoms. The normalized spacial score (nSPS) is 19.3. The highest BCUT2D eigenvalue weighted by atomic mass is 35.5. The maximum absolute atomic E-state index is 5.69. The molecule has 5 heteroatoms. The van der Waals surface area contributed by atoms with Crippen molar-refractivity contribution >= 4 is 12.4 Å². The summed E-state index contributed by atoms with van der Waals surface area (Å²) in [6, 6.07) is 8.65. The van der Waals surface area contributed by atoms with Crippen LogP contribution in [0.25, 0.3) is 0 Å². The first-order chi connectivity index (χ1) is 9.72. The van der Waals surface area contributed by atoms with Crippen molar-refractivity contribution in [3.8, 4) is 5.75 Å². The Morgan fingerprint density at radius 2 is 2.10 bits per heavy atom. The van der Waals surface area contributed by atoms with Crippen molar-refractivity contribution in [1.82, 2.24) is 10.2 Å². The minimum absolute atomic E-state index is 0. The van der Waals surface area contributed by atoms with E-state index < -0.39 is 0 Å². The summed E-state index contributed by atoms with van der Waals surface area (Å²) < 4.78 is 11.2. The smallest absolute Gasteiger partial charge is 0.123 e. The summed E-state index contributed by atoms with van der Waals surface area (Å²) in [5, 5.41) is 3.48. The lowest BCUT2D eigenvalue weighted by Gasteiger charge is -2.37. The molecule has 2 rings (SSSR count).